The normalized spacial score (nSPS) is 11.2. The molecule has 3 rings (SSSR count). The molecule has 0 atom stereocenters. The Kier molecular flexibility index (Phi) is 3.83. The minimum absolute atomic E-state index is 0.719. The summed E-state index contributed by atoms with van der Waals surface area (Å²) in [6.07, 6.45) is 4.94. The van der Waals surface area contributed by atoms with Gasteiger partial charge >= 0.3 is 0 Å². The SMILES string of the molecule is CCCNCc1ccc2c(ccn2Cc2ccno2)c1. The number of nitrogens with zero attached hydrogens (tertiary/aromatic N) is 2. The van der Waals surface area contributed by atoms with Crippen LogP contribution in [0.15, 0.2) is 47.2 Å². The summed E-state index contributed by atoms with van der Waals surface area (Å²) in [4.78, 5) is 0. The van der Waals surface area contributed by atoms with Crippen LogP contribution in [0, 0.1) is 0 Å². The van der Waals surface area contributed by atoms with Crippen molar-refractivity contribution in [2.24, 2.45) is 0 Å². The molecule has 4 heteroatoms. The minimum Gasteiger partial charge on any atom is -0.359 e. The van der Waals surface area contributed by atoms with Crippen molar-refractivity contribution in [2.75, 3.05) is 6.54 Å². The Bertz CT molecular complexity index is 670. The van der Waals surface area contributed by atoms with Crippen molar-refractivity contribution in [3.8, 4) is 0 Å². The molecular weight excluding hydrogens is 250 g/mol. The molecule has 3 aromatic rings. The second kappa shape index (κ2) is 5.92. The molecule has 0 fully saturated rings. The molecule has 0 bridgehead atoms. The molecule has 0 aliphatic heterocycles. The quantitative estimate of drug-likeness (QED) is 0.699. The van der Waals surface area contributed by atoms with Crippen molar-refractivity contribution < 1.29 is 4.52 Å². The first-order valence-corrected chi connectivity index (χ1v) is 7.05. The number of nitrogens with one attached hydrogen (secondary N) is 1. The van der Waals surface area contributed by atoms with Gasteiger partial charge in [-0.1, -0.05) is 18.1 Å². The lowest BCUT2D eigenvalue weighted by atomic mass is 10.1. The number of hydrogen-bond acceptors (Lipinski definition) is 3. The van der Waals surface area contributed by atoms with Crippen LogP contribution in [0.3, 0.4) is 0 Å². The molecule has 2 heterocycles. The first kappa shape index (κ1) is 12.9. The van der Waals surface area contributed by atoms with Gasteiger partial charge in [0.25, 0.3) is 0 Å². The molecule has 0 aliphatic carbocycles. The second-order valence-electron chi connectivity index (χ2n) is 4.99. The standard InChI is InChI=1S/C16H19N3O/c1-2-7-17-11-13-3-4-16-14(10-13)6-9-19(16)12-15-5-8-18-20-15/h3-6,8-10,17H,2,7,11-12H2,1H3. The van der Waals surface area contributed by atoms with Crippen LogP contribution in [0.2, 0.25) is 0 Å². The molecule has 0 saturated carbocycles. The second-order valence-corrected chi connectivity index (χ2v) is 4.99. The summed E-state index contributed by atoms with van der Waals surface area (Å²) in [7, 11) is 0. The fourth-order valence-electron chi connectivity index (χ4n) is 2.40. The fraction of sp³-hybridized carbons (Fsp3) is 0.312. The monoisotopic (exact) mass is 269 g/mol. The summed E-state index contributed by atoms with van der Waals surface area (Å²) in [6.45, 7) is 4.89. The highest BCUT2D eigenvalue weighted by molar-refractivity contribution is 5.80. The van der Waals surface area contributed by atoms with E-state index in [9.17, 15) is 0 Å². The van der Waals surface area contributed by atoms with Crippen LogP contribution < -0.4 is 5.32 Å². The van der Waals surface area contributed by atoms with Gasteiger partial charge in [-0.2, -0.15) is 0 Å². The summed E-state index contributed by atoms with van der Waals surface area (Å²) in [5, 5.41) is 8.44. The summed E-state index contributed by atoms with van der Waals surface area (Å²) in [5.74, 6) is 0.871. The van der Waals surface area contributed by atoms with E-state index in [1.165, 1.54) is 16.5 Å². The minimum atomic E-state index is 0.719. The Hall–Kier alpha value is -2.07. The highest BCUT2D eigenvalue weighted by Gasteiger charge is 2.05. The maximum absolute atomic E-state index is 5.16. The molecule has 2 aromatic heterocycles. The van der Waals surface area contributed by atoms with E-state index < -0.39 is 0 Å². The highest BCUT2D eigenvalue weighted by Crippen LogP contribution is 2.19. The van der Waals surface area contributed by atoms with Gasteiger partial charge in [-0.25, -0.2) is 0 Å². The summed E-state index contributed by atoms with van der Waals surface area (Å²) in [5.41, 5.74) is 2.55. The smallest absolute Gasteiger partial charge is 0.156 e. The van der Waals surface area contributed by atoms with E-state index in [4.69, 9.17) is 4.52 Å². The van der Waals surface area contributed by atoms with Crippen LogP contribution >= 0.6 is 0 Å². The average Bonchev–Trinajstić information content (AvgIpc) is 3.10. The van der Waals surface area contributed by atoms with Crippen LogP contribution in [0.1, 0.15) is 24.7 Å². The number of aromatic nitrogens is 2. The average molecular weight is 269 g/mol. The summed E-state index contributed by atoms with van der Waals surface area (Å²) >= 11 is 0. The summed E-state index contributed by atoms with van der Waals surface area (Å²) < 4.78 is 7.34. The van der Waals surface area contributed by atoms with Crippen LogP contribution in [-0.4, -0.2) is 16.3 Å². The van der Waals surface area contributed by atoms with Gasteiger partial charge in [-0.15, -0.1) is 0 Å². The molecule has 1 aromatic carbocycles. The zero-order chi connectivity index (χ0) is 13.8. The van der Waals surface area contributed by atoms with Gasteiger partial charge in [0.2, 0.25) is 0 Å². The van der Waals surface area contributed by atoms with E-state index >= 15 is 0 Å². The van der Waals surface area contributed by atoms with Crippen molar-refractivity contribution in [2.45, 2.75) is 26.4 Å². The number of hydrogen-bond donors (Lipinski definition) is 1. The molecular formula is C16H19N3O. The molecule has 0 radical (unpaired) electrons. The van der Waals surface area contributed by atoms with Gasteiger partial charge in [0, 0.05) is 24.3 Å². The van der Waals surface area contributed by atoms with E-state index in [1.54, 1.807) is 6.20 Å². The molecule has 20 heavy (non-hydrogen) atoms. The van der Waals surface area contributed by atoms with Gasteiger partial charge in [0.15, 0.2) is 5.76 Å². The van der Waals surface area contributed by atoms with Crippen LogP contribution in [0.25, 0.3) is 10.9 Å². The largest absolute Gasteiger partial charge is 0.359 e. The molecule has 0 amide bonds. The van der Waals surface area contributed by atoms with Gasteiger partial charge in [0.1, 0.15) is 0 Å². The Morgan fingerprint density at radius 3 is 3.00 bits per heavy atom. The van der Waals surface area contributed by atoms with E-state index in [0.29, 0.717) is 0 Å². The predicted octanol–water partition coefficient (Wildman–Crippen LogP) is 3.18. The van der Waals surface area contributed by atoms with Crippen LogP contribution in [0.5, 0.6) is 0 Å². The Balaban J connectivity index is 1.79. The lowest BCUT2D eigenvalue weighted by Gasteiger charge is -2.05. The van der Waals surface area contributed by atoms with E-state index in [-0.39, 0.29) is 0 Å². The maximum atomic E-state index is 5.16. The Labute approximate surface area is 118 Å². The summed E-state index contributed by atoms with van der Waals surface area (Å²) in [6, 6.07) is 10.6. The first-order chi connectivity index (χ1) is 9.86. The van der Waals surface area contributed by atoms with E-state index in [0.717, 1.165) is 31.8 Å². The zero-order valence-corrected chi connectivity index (χ0v) is 11.7. The first-order valence-electron chi connectivity index (χ1n) is 7.05. The topological polar surface area (TPSA) is 43.0 Å². The highest BCUT2D eigenvalue weighted by atomic mass is 16.5. The lowest BCUT2D eigenvalue weighted by molar-refractivity contribution is 0.378. The van der Waals surface area contributed by atoms with Crippen molar-refractivity contribution in [1.82, 2.24) is 15.0 Å². The molecule has 104 valence electrons. The number of fused-ring (bicyclic) bond motifs is 1. The molecule has 0 spiro atoms. The Morgan fingerprint density at radius 2 is 2.20 bits per heavy atom. The molecule has 0 aliphatic rings. The van der Waals surface area contributed by atoms with Gasteiger partial charge in [0.05, 0.1) is 12.7 Å². The maximum Gasteiger partial charge on any atom is 0.156 e. The molecule has 0 unspecified atom stereocenters. The predicted molar refractivity (Wildman–Crippen MR) is 79.5 cm³/mol. The third-order valence-electron chi connectivity index (χ3n) is 3.41. The zero-order valence-electron chi connectivity index (χ0n) is 11.7. The van der Waals surface area contributed by atoms with Crippen molar-refractivity contribution in [3.63, 3.8) is 0 Å². The van der Waals surface area contributed by atoms with Crippen molar-refractivity contribution in [3.05, 3.63) is 54.0 Å². The van der Waals surface area contributed by atoms with Crippen LogP contribution in [-0.2, 0) is 13.1 Å². The third-order valence-corrected chi connectivity index (χ3v) is 3.41. The van der Waals surface area contributed by atoms with Crippen LogP contribution in [0.4, 0.5) is 0 Å². The fourth-order valence-corrected chi connectivity index (χ4v) is 2.40. The van der Waals surface area contributed by atoms with Gasteiger partial charge in [-0.05, 0) is 42.1 Å². The van der Waals surface area contributed by atoms with Gasteiger partial charge in [-0.3, -0.25) is 0 Å². The molecule has 1 N–H and O–H groups in total. The van der Waals surface area contributed by atoms with E-state index in [1.807, 2.05) is 6.07 Å². The Morgan fingerprint density at radius 1 is 1.25 bits per heavy atom. The molecule has 0 saturated heterocycles. The van der Waals surface area contributed by atoms with Crippen molar-refractivity contribution >= 4 is 10.9 Å². The lowest BCUT2D eigenvalue weighted by Crippen LogP contribution is -2.13. The third kappa shape index (κ3) is 2.75. The molecule has 4 nitrogen and oxygen atoms in total. The van der Waals surface area contributed by atoms with Gasteiger partial charge < -0.3 is 14.4 Å². The van der Waals surface area contributed by atoms with Crippen molar-refractivity contribution in [1.29, 1.82) is 0 Å². The van der Waals surface area contributed by atoms with E-state index in [2.05, 4.69) is 52.4 Å². The number of benzene rings is 1. The number of rotatable bonds is 6.